The van der Waals surface area contributed by atoms with Crippen molar-refractivity contribution >= 4 is 12.0 Å². The van der Waals surface area contributed by atoms with Gasteiger partial charge in [-0.3, -0.25) is 4.79 Å². The van der Waals surface area contributed by atoms with Crippen molar-refractivity contribution in [1.29, 1.82) is 0 Å². The Morgan fingerprint density at radius 3 is 2.56 bits per heavy atom. The number of nitrogens with one attached hydrogen (secondary N) is 1. The van der Waals surface area contributed by atoms with Gasteiger partial charge in [0.25, 0.3) is 0 Å². The van der Waals surface area contributed by atoms with E-state index in [1.807, 2.05) is 0 Å². The van der Waals surface area contributed by atoms with Gasteiger partial charge < -0.3 is 20.2 Å². The Labute approximate surface area is 107 Å². The highest BCUT2D eigenvalue weighted by Crippen LogP contribution is 2.12. The highest BCUT2D eigenvalue weighted by atomic mass is 16.4. The predicted molar refractivity (Wildman–Crippen MR) is 67.1 cm³/mol. The van der Waals surface area contributed by atoms with Crippen molar-refractivity contribution in [3.8, 4) is 12.3 Å². The Kier molecular flexibility index (Phi) is 5.46. The third kappa shape index (κ3) is 3.93. The molecule has 1 heterocycles. The summed E-state index contributed by atoms with van der Waals surface area (Å²) >= 11 is 0. The van der Waals surface area contributed by atoms with E-state index in [0.29, 0.717) is 0 Å². The molecule has 1 rings (SSSR count). The van der Waals surface area contributed by atoms with Crippen molar-refractivity contribution in [3.63, 3.8) is 0 Å². The minimum Gasteiger partial charge on any atom is -0.480 e. The maximum absolute atomic E-state index is 12.1. The zero-order valence-corrected chi connectivity index (χ0v) is 10.6. The Bertz CT molecular complexity index is 345. The number of piperidine rings is 1. The monoisotopic (exact) mass is 253 g/mol. The highest BCUT2D eigenvalue weighted by molar-refractivity contribution is 5.80. The minimum atomic E-state index is -1.06. The van der Waals surface area contributed by atoms with Crippen molar-refractivity contribution < 1.29 is 14.7 Å². The standard InChI is InChI=1S/C12H19N3O3/c1-3-8-15(9-11(16)17)12(18)14(2)10-4-6-13-7-5-10/h1,10,13H,4-9H2,2H3,(H,16,17). The smallest absolute Gasteiger partial charge is 0.323 e. The second-order valence-corrected chi connectivity index (χ2v) is 4.33. The Hall–Kier alpha value is -1.74. The maximum atomic E-state index is 12.1. The fourth-order valence-electron chi connectivity index (χ4n) is 2.04. The average Bonchev–Trinajstić information content (AvgIpc) is 2.37. The zero-order chi connectivity index (χ0) is 13.5. The number of amides is 2. The molecule has 0 aromatic carbocycles. The molecule has 1 fully saturated rings. The van der Waals surface area contributed by atoms with Crippen LogP contribution in [0.5, 0.6) is 0 Å². The molecular weight excluding hydrogens is 234 g/mol. The lowest BCUT2D eigenvalue weighted by Gasteiger charge is -2.34. The summed E-state index contributed by atoms with van der Waals surface area (Å²) in [4.78, 5) is 25.6. The number of carbonyl (C=O) groups is 2. The molecular formula is C12H19N3O3. The zero-order valence-electron chi connectivity index (χ0n) is 10.6. The van der Waals surface area contributed by atoms with E-state index in [4.69, 9.17) is 11.5 Å². The Morgan fingerprint density at radius 2 is 2.06 bits per heavy atom. The first-order valence-electron chi connectivity index (χ1n) is 5.94. The van der Waals surface area contributed by atoms with E-state index in [9.17, 15) is 9.59 Å². The number of carboxylic acid groups (broad SMARTS) is 1. The van der Waals surface area contributed by atoms with Gasteiger partial charge in [-0.1, -0.05) is 5.92 Å². The van der Waals surface area contributed by atoms with Gasteiger partial charge in [0.15, 0.2) is 0 Å². The lowest BCUT2D eigenvalue weighted by molar-refractivity contribution is -0.137. The van der Waals surface area contributed by atoms with Gasteiger partial charge >= 0.3 is 12.0 Å². The normalized spacial score (nSPS) is 15.8. The van der Waals surface area contributed by atoms with Crippen LogP contribution in [-0.2, 0) is 4.79 Å². The first-order chi connectivity index (χ1) is 8.56. The molecule has 0 radical (unpaired) electrons. The molecule has 0 spiro atoms. The largest absolute Gasteiger partial charge is 0.480 e. The first-order valence-corrected chi connectivity index (χ1v) is 5.94. The van der Waals surface area contributed by atoms with Gasteiger partial charge in [-0.15, -0.1) is 6.42 Å². The van der Waals surface area contributed by atoms with E-state index in [1.165, 1.54) is 4.90 Å². The molecule has 0 atom stereocenters. The highest BCUT2D eigenvalue weighted by Gasteiger charge is 2.26. The van der Waals surface area contributed by atoms with Crippen LogP contribution in [-0.4, -0.2) is 66.2 Å². The number of aliphatic carboxylic acids is 1. The molecule has 1 aliphatic rings. The average molecular weight is 253 g/mol. The number of carbonyl (C=O) groups excluding carboxylic acids is 1. The SMILES string of the molecule is C#CCN(CC(=O)O)C(=O)N(C)C1CCNCC1. The van der Waals surface area contributed by atoms with Crippen molar-refractivity contribution in [2.45, 2.75) is 18.9 Å². The number of terminal acetylenes is 1. The van der Waals surface area contributed by atoms with Crippen molar-refractivity contribution in [2.24, 2.45) is 0 Å². The van der Waals surface area contributed by atoms with Crippen molar-refractivity contribution in [1.82, 2.24) is 15.1 Å². The number of carboxylic acids is 1. The summed E-state index contributed by atoms with van der Waals surface area (Å²) in [6.45, 7) is 1.39. The third-order valence-electron chi connectivity index (χ3n) is 3.04. The quantitative estimate of drug-likeness (QED) is 0.681. The van der Waals surface area contributed by atoms with Gasteiger partial charge in [-0.2, -0.15) is 0 Å². The molecule has 0 aromatic rings. The van der Waals surface area contributed by atoms with E-state index in [0.717, 1.165) is 25.9 Å². The van der Waals surface area contributed by atoms with Crippen LogP contribution in [0.15, 0.2) is 0 Å². The van der Waals surface area contributed by atoms with Gasteiger partial charge in [-0.05, 0) is 25.9 Å². The van der Waals surface area contributed by atoms with E-state index in [-0.39, 0.29) is 25.2 Å². The number of urea groups is 1. The topological polar surface area (TPSA) is 72.9 Å². The molecule has 6 nitrogen and oxygen atoms in total. The summed E-state index contributed by atoms with van der Waals surface area (Å²) in [5.74, 6) is 1.26. The molecule has 0 bridgehead atoms. The van der Waals surface area contributed by atoms with Gasteiger partial charge in [0, 0.05) is 13.1 Å². The van der Waals surface area contributed by atoms with Gasteiger partial charge in [0.05, 0.1) is 6.54 Å². The molecule has 18 heavy (non-hydrogen) atoms. The molecule has 0 aliphatic carbocycles. The fraction of sp³-hybridized carbons (Fsp3) is 0.667. The van der Waals surface area contributed by atoms with Gasteiger partial charge in [-0.25, -0.2) is 4.79 Å². The molecule has 0 unspecified atom stereocenters. The summed E-state index contributed by atoms with van der Waals surface area (Å²) in [5.41, 5.74) is 0. The lowest BCUT2D eigenvalue weighted by atomic mass is 10.1. The summed E-state index contributed by atoms with van der Waals surface area (Å²) in [5, 5.41) is 12.0. The first kappa shape index (κ1) is 14.3. The number of hydrogen-bond acceptors (Lipinski definition) is 3. The lowest BCUT2D eigenvalue weighted by Crippen LogP contribution is -2.50. The summed E-state index contributed by atoms with van der Waals surface area (Å²) < 4.78 is 0. The van der Waals surface area contributed by atoms with E-state index in [1.54, 1.807) is 11.9 Å². The van der Waals surface area contributed by atoms with Crippen LogP contribution in [0.4, 0.5) is 4.79 Å². The molecule has 100 valence electrons. The number of hydrogen-bond donors (Lipinski definition) is 2. The molecule has 0 aromatic heterocycles. The number of rotatable bonds is 4. The molecule has 2 amide bonds. The minimum absolute atomic E-state index is 0.0143. The maximum Gasteiger partial charge on any atom is 0.323 e. The second-order valence-electron chi connectivity index (χ2n) is 4.33. The summed E-state index contributed by atoms with van der Waals surface area (Å²) in [6, 6.07) is -0.171. The van der Waals surface area contributed by atoms with Crippen LogP contribution in [0.2, 0.25) is 0 Å². The van der Waals surface area contributed by atoms with E-state index >= 15 is 0 Å². The molecule has 1 saturated heterocycles. The summed E-state index contributed by atoms with van der Waals surface area (Å²) in [6.07, 6.45) is 6.90. The van der Waals surface area contributed by atoms with Crippen molar-refractivity contribution in [2.75, 3.05) is 33.2 Å². The molecule has 0 saturated carbocycles. The van der Waals surface area contributed by atoms with E-state index in [2.05, 4.69) is 11.2 Å². The molecule has 1 aliphatic heterocycles. The van der Waals surface area contributed by atoms with Crippen LogP contribution >= 0.6 is 0 Å². The van der Waals surface area contributed by atoms with E-state index < -0.39 is 5.97 Å². The fourth-order valence-corrected chi connectivity index (χ4v) is 2.04. The molecule has 2 N–H and O–H groups in total. The summed E-state index contributed by atoms with van der Waals surface area (Å²) in [7, 11) is 1.70. The van der Waals surface area contributed by atoms with Crippen LogP contribution in [0, 0.1) is 12.3 Å². The third-order valence-corrected chi connectivity index (χ3v) is 3.04. The Balaban J connectivity index is 2.63. The van der Waals surface area contributed by atoms with Crippen LogP contribution < -0.4 is 5.32 Å². The van der Waals surface area contributed by atoms with Crippen LogP contribution in [0.1, 0.15) is 12.8 Å². The van der Waals surface area contributed by atoms with Gasteiger partial charge in [0.1, 0.15) is 6.54 Å². The number of nitrogens with zero attached hydrogens (tertiary/aromatic N) is 2. The predicted octanol–water partition coefficient (Wildman–Crippen LogP) is -0.190. The second kappa shape index (κ2) is 6.87. The van der Waals surface area contributed by atoms with Gasteiger partial charge in [0.2, 0.25) is 0 Å². The van der Waals surface area contributed by atoms with Crippen LogP contribution in [0.3, 0.4) is 0 Å². The van der Waals surface area contributed by atoms with Crippen LogP contribution in [0.25, 0.3) is 0 Å². The molecule has 6 heteroatoms. The van der Waals surface area contributed by atoms with Crippen molar-refractivity contribution in [3.05, 3.63) is 0 Å². The Morgan fingerprint density at radius 1 is 1.44 bits per heavy atom.